The van der Waals surface area contributed by atoms with Crippen molar-refractivity contribution < 1.29 is 14.0 Å². The summed E-state index contributed by atoms with van der Waals surface area (Å²) in [6.45, 7) is 4.98. The number of amides is 2. The van der Waals surface area contributed by atoms with Gasteiger partial charge in [-0.05, 0) is 57.7 Å². The van der Waals surface area contributed by atoms with Crippen molar-refractivity contribution in [2.75, 3.05) is 13.1 Å². The first-order valence-electron chi connectivity index (χ1n) is 10.6. The number of carbonyl (C=O) groups excluding carboxylic acids is 2. The van der Waals surface area contributed by atoms with Crippen LogP contribution < -0.4 is 5.32 Å². The van der Waals surface area contributed by atoms with Gasteiger partial charge in [-0.25, -0.2) is 14.4 Å². The number of nitrogens with one attached hydrogen (secondary N) is 1. The molecule has 0 radical (unpaired) electrons. The molecule has 1 atom stereocenters. The molecule has 2 aliphatic rings. The molecule has 2 aromatic rings. The number of halogens is 1. The van der Waals surface area contributed by atoms with Crippen molar-refractivity contribution in [3.05, 3.63) is 58.4 Å². The first-order valence-corrected chi connectivity index (χ1v) is 10.6. The van der Waals surface area contributed by atoms with Crippen LogP contribution in [-0.4, -0.2) is 45.8 Å². The Bertz CT molecular complexity index is 950. The molecule has 6 nitrogen and oxygen atoms in total. The number of likely N-dealkylation sites (tertiary alicyclic amines) is 1. The zero-order valence-corrected chi connectivity index (χ0v) is 17.4. The Morgan fingerprint density at radius 2 is 1.90 bits per heavy atom. The topological polar surface area (TPSA) is 75.2 Å². The number of carbonyl (C=O) groups is 2. The van der Waals surface area contributed by atoms with E-state index in [4.69, 9.17) is 9.97 Å². The van der Waals surface area contributed by atoms with Crippen LogP contribution in [0.1, 0.15) is 64.7 Å². The second kappa shape index (κ2) is 8.50. The lowest BCUT2D eigenvalue weighted by Crippen LogP contribution is -2.39. The molecule has 1 aliphatic heterocycles. The predicted octanol–water partition coefficient (Wildman–Crippen LogP) is 3.07. The third-order valence-corrected chi connectivity index (χ3v) is 5.86. The van der Waals surface area contributed by atoms with E-state index in [0.717, 1.165) is 42.6 Å². The average Bonchev–Trinajstić information content (AvgIpc) is 3.54. The molecule has 1 aromatic heterocycles. The van der Waals surface area contributed by atoms with E-state index in [-0.39, 0.29) is 17.7 Å². The van der Waals surface area contributed by atoms with Gasteiger partial charge in [0.15, 0.2) is 0 Å². The minimum absolute atomic E-state index is 0.0181. The first kappa shape index (κ1) is 20.4. The molecule has 2 heterocycles. The van der Waals surface area contributed by atoms with Gasteiger partial charge in [-0.1, -0.05) is 6.07 Å². The summed E-state index contributed by atoms with van der Waals surface area (Å²) in [4.78, 5) is 36.2. The lowest BCUT2D eigenvalue weighted by molar-refractivity contribution is -0.120. The standard InChI is InChI=1S/C23H27FN4O2/c1-14-20(12-21(29)27-19-8-9-19)15(2)26-22(25-14)17-6-4-10-28(13-17)23(30)16-5-3-7-18(24)11-16/h3,5,7,11,17,19H,4,6,8-10,12-13H2,1-2H3,(H,27,29)/t17-/m0/s1. The largest absolute Gasteiger partial charge is 0.353 e. The second-order valence-electron chi connectivity index (χ2n) is 8.35. The van der Waals surface area contributed by atoms with Crippen molar-refractivity contribution in [3.8, 4) is 0 Å². The lowest BCUT2D eigenvalue weighted by Gasteiger charge is -2.32. The van der Waals surface area contributed by atoms with E-state index >= 15 is 0 Å². The Hall–Kier alpha value is -2.83. The van der Waals surface area contributed by atoms with Gasteiger partial charge < -0.3 is 10.2 Å². The summed E-state index contributed by atoms with van der Waals surface area (Å²) in [6, 6.07) is 6.14. The zero-order chi connectivity index (χ0) is 21.3. The van der Waals surface area contributed by atoms with Gasteiger partial charge in [-0.3, -0.25) is 9.59 Å². The SMILES string of the molecule is Cc1nc([C@H]2CCCN(C(=O)c3cccc(F)c3)C2)nc(C)c1CC(=O)NC1CC1. The number of aryl methyl sites for hydroxylation is 2. The van der Waals surface area contributed by atoms with Gasteiger partial charge in [0.25, 0.3) is 5.91 Å². The highest BCUT2D eigenvalue weighted by molar-refractivity contribution is 5.94. The van der Waals surface area contributed by atoms with E-state index in [2.05, 4.69) is 5.32 Å². The summed E-state index contributed by atoms with van der Waals surface area (Å²) in [5.41, 5.74) is 2.87. The minimum atomic E-state index is -0.412. The molecule has 158 valence electrons. The summed E-state index contributed by atoms with van der Waals surface area (Å²) in [6.07, 6.45) is 4.16. The number of benzene rings is 1. The number of rotatable bonds is 5. The smallest absolute Gasteiger partial charge is 0.253 e. The number of aromatic nitrogens is 2. The summed E-state index contributed by atoms with van der Waals surface area (Å²) >= 11 is 0. The highest BCUT2D eigenvalue weighted by Crippen LogP contribution is 2.27. The molecule has 0 spiro atoms. The number of nitrogens with zero attached hydrogens (tertiary/aromatic N) is 3. The Morgan fingerprint density at radius 3 is 2.57 bits per heavy atom. The average molecular weight is 410 g/mol. The molecule has 2 fully saturated rings. The summed E-state index contributed by atoms with van der Waals surface area (Å²) in [5, 5.41) is 3.01. The normalized spacial score (nSPS) is 18.9. The van der Waals surface area contributed by atoms with Crippen LogP contribution >= 0.6 is 0 Å². The van der Waals surface area contributed by atoms with Crippen LogP contribution in [0.5, 0.6) is 0 Å². The van der Waals surface area contributed by atoms with Gasteiger partial charge in [-0.15, -0.1) is 0 Å². The van der Waals surface area contributed by atoms with E-state index in [1.54, 1.807) is 17.0 Å². The molecule has 1 aliphatic carbocycles. The maximum Gasteiger partial charge on any atom is 0.253 e. The van der Waals surface area contributed by atoms with Crippen LogP contribution in [-0.2, 0) is 11.2 Å². The first-order chi connectivity index (χ1) is 14.4. The third-order valence-electron chi connectivity index (χ3n) is 5.86. The molecule has 1 aromatic carbocycles. The molecule has 4 rings (SSSR count). The Balaban J connectivity index is 1.47. The molecule has 7 heteroatoms. The van der Waals surface area contributed by atoms with Crippen molar-refractivity contribution in [3.63, 3.8) is 0 Å². The third kappa shape index (κ3) is 4.66. The Morgan fingerprint density at radius 1 is 1.17 bits per heavy atom. The minimum Gasteiger partial charge on any atom is -0.353 e. The van der Waals surface area contributed by atoms with Crippen molar-refractivity contribution in [1.82, 2.24) is 20.2 Å². The van der Waals surface area contributed by atoms with Gasteiger partial charge in [0.2, 0.25) is 5.91 Å². The predicted molar refractivity (Wildman–Crippen MR) is 111 cm³/mol. The van der Waals surface area contributed by atoms with Crippen LogP contribution in [0.25, 0.3) is 0 Å². The van der Waals surface area contributed by atoms with Crippen LogP contribution in [0.4, 0.5) is 4.39 Å². The van der Waals surface area contributed by atoms with E-state index in [1.807, 2.05) is 13.8 Å². The molecule has 2 amide bonds. The molecular formula is C23H27FN4O2. The van der Waals surface area contributed by atoms with Crippen LogP contribution in [0.2, 0.25) is 0 Å². The van der Waals surface area contributed by atoms with E-state index < -0.39 is 5.82 Å². The molecule has 0 unspecified atom stereocenters. The van der Waals surface area contributed by atoms with Crippen molar-refractivity contribution >= 4 is 11.8 Å². The molecule has 1 saturated carbocycles. The van der Waals surface area contributed by atoms with Crippen LogP contribution in [0.15, 0.2) is 24.3 Å². The van der Waals surface area contributed by atoms with Crippen molar-refractivity contribution in [2.24, 2.45) is 0 Å². The highest BCUT2D eigenvalue weighted by Gasteiger charge is 2.29. The second-order valence-corrected chi connectivity index (χ2v) is 8.35. The molecular weight excluding hydrogens is 383 g/mol. The number of piperidine rings is 1. The summed E-state index contributed by atoms with van der Waals surface area (Å²) in [7, 11) is 0. The maximum absolute atomic E-state index is 13.5. The maximum atomic E-state index is 13.5. The van der Waals surface area contributed by atoms with Gasteiger partial charge in [0.1, 0.15) is 11.6 Å². The molecule has 0 bridgehead atoms. The zero-order valence-electron chi connectivity index (χ0n) is 17.4. The van der Waals surface area contributed by atoms with E-state index in [1.165, 1.54) is 12.1 Å². The molecule has 1 saturated heterocycles. The molecule has 1 N–H and O–H groups in total. The summed E-state index contributed by atoms with van der Waals surface area (Å²) in [5.74, 6) is 0.187. The van der Waals surface area contributed by atoms with E-state index in [9.17, 15) is 14.0 Å². The number of hydrogen-bond acceptors (Lipinski definition) is 4. The van der Waals surface area contributed by atoms with Crippen molar-refractivity contribution in [2.45, 2.75) is 57.9 Å². The Labute approximate surface area is 175 Å². The van der Waals surface area contributed by atoms with Gasteiger partial charge in [-0.2, -0.15) is 0 Å². The fourth-order valence-electron chi connectivity index (χ4n) is 4.05. The fourth-order valence-corrected chi connectivity index (χ4v) is 4.05. The lowest BCUT2D eigenvalue weighted by atomic mass is 9.95. The quantitative estimate of drug-likeness (QED) is 0.822. The van der Waals surface area contributed by atoms with Crippen LogP contribution in [0.3, 0.4) is 0 Å². The van der Waals surface area contributed by atoms with Gasteiger partial charge in [0, 0.05) is 47.6 Å². The van der Waals surface area contributed by atoms with E-state index in [0.29, 0.717) is 36.9 Å². The fraction of sp³-hybridized carbons (Fsp3) is 0.478. The van der Waals surface area contributed by atoms with Gasteiger partial charge in [0.05, 0.1) is 6.42 Å². The highest BCUT2D eigenvalue weighted by atomic mass is 19.1. The van der Waals surface area contributed by atoms with Crippen LogP contribution in [0, 0.1) is 19.7 Å². The Kier molecular flexibility index (Phi) is 5.79. The monoisotopic (exact) mass is 410 g/mol. The molecule has 30 heavy (non-hydrogen) atoms. The number of hydrogen-bond donors (Lipinski definition) is 1. The summed E-state index contributed by atoms with van der Waals surface area (Å²) < 4.78 is 13.5. The van der Waals surface area contributed by atoms with Crippen molar-refractivity contribution in [1.29, 1.82) is 0 Å². The van der Waals surface area contributed by atoms with Gasteiger partial charge >= 0.3 is 0 Å².